The molecule has 0 bridgehead atoms. The van der Waals surface area contributed by atoms with Crippen molar-refractivity contribution in [3.63, 3.8) is 0 Å². The smallest absolute Gasteiger partial charge is 0.341 e. The lowest BCUT2D eigenvalue weighted by atomic mass is 9.85. The molecule has 3 nitrogen and oxygen atoms in total. The third kappa shape index (κ3) is 5.14. The van der Waals surface area contributed by atoms with Crippen molar-refractivity contribution in [2.75, 3.05) is 19.6 Å². The Balaban J connectivity index is 0.00000484. The molecule has 0 aromatic heterocycles. The maximum atomic E-state index is 12.9. The summed E-state index contributed by atoms with van der Waals surface area (Å²) in [6.45, 7) is -1.33. The number of nitrogens with two attached hydrogens (primary N) is 1. The standard InChI is InChI=1S/C13H20F6N2O.ClH/c14-12(15,16)11(13(17,18)19)6-8-21(9-11)10(22)5-3-1-2-4-7-20;/h1-9,20H2;1H. The molecule has 10 heteroatoms. The van der Waals surface area contributed by atoms with Crippen molar-refractivity contribution < 1.29 is 31.1 Å². The van der Waals surface area contributed by atoms with E-state index in [1.54, 1.807) is 0 Å². The molecule has 0 atom stereocenters. The molecule has 0 aromatic carbocycles. The average Bonchev–Trinajstić information content (AvgIpc) is 2.83. The summed E-state index contributed by atoms with van der Waals surface area (Å²) in [5.41, 5.74) is 1.50. The van der Waals surface area contributed by atoms with Crippen LogP contribution in [-0.2, 0) is 4.79 Å². The van der Waals surface area contributed by atoms with Gasteiger partial charge in [0.25, 0.3) is 0 Å². The number of likely N-dealkylation sites (tertiary alicyclic amines) is 1. The Kier molecular flexibility index (Phi) is 8.16. The van der Waals surface area contributed by atoms with Crippen LogP contribution < -0.4 is 5.73 Å². The summed E-state index contributed by atoms with van der Waals surface area (Å²) in [5, 5.41) is 0. The number of nitrogens with zero attached hydrogens (tertiary/aromatic N) is 1. The summed E-state index contributed by atoms with van der Waals surface area (Å²) in [5.74, 6) is -0.650. The normalized spacial score (nSPS) is 18.0. The van der Waals surface area contributed by atoms with Crippen molar-refractivity contribution in [3.05, 3.63) is 0 Å². The van der Waals surface area contributed by atoms with Gasteiger partial charge in [-0.05, 0) is 25.8 Å². The Morgan fingerprint density at radius 2 is 1.52 bits per heavy atom. The molecular formula is C13H21ClF6N2O. The topological polar surface area (TPSA) is 46.3 Å². The second kappa shape index (κ2) is 8.41. The predicted molar refractivity (Wildman–Crippen MR) is 75.1 cm³/mol. The highest BCUT2D eigenvalue weighted by molar-refractivity contribution is 5.85. The molecule has 138 valence electrons. The molecule has 2 N–H and O–H groups in total. The van der Waals surface area contributed by atoms with Crippen molar-refractivity contribution in [1.29, 1.82) is 0 Å². The monoisotopic (exact) mass is 370 g/mol. The molecule has 0 radical (unpaired) electrons. The summed E-state index contributed by atoms with van der Waals surface area (Å²) < 4.78 is 77.2. The molecule has 1 amide bonds. The van der Waals surface area contributed by atoms with Gasteiger partial charge >= 0.3 is 12.4 Å². The van der Waals surface area contributed by atoms with Gasteiger partial charge in [-0.15, -0.1) is 12.4 Å². The van der Waals surface area contributed by atoms with E-state index in [0.717, 1.165) is 12.8 Å². The van der Waals surface area contributed by atoms with Gasteiger partial charge in [0.2, 0.25) is 5.91 Å². The van der Waals surface area contributed by atoms with E-state index in [-0.39, 0.29) is 18.8 Å². The van der Waals surface area contributed by atoms with Crippen molar-refractivity contribution >= 4 is 18.3 Å². The third-order valence-corrected chi connectivity index (χ3v) is 4.05. The van der Waals surface area contributed by atoms with E-state index >= 15 is 0 Å². The van der Waals surface area contributed by atoms with Crippen LogP contribution in [0.5, 0.6) is 0 Å². The van der Waals surface area contributed by atoms with E-state index < -0.39 is 43.2 Å². The van der Waals surface area contributed by atoms with E-state index in [1.165, 1.54) is 0 Å². The number of rotatable bonds is 6. The zero-order valence-corrected chi connectivity index (χ0v) is 13.3. The van der Waals surface area contributed by atoms with Crippen LogP contribution >= 0.6 is 12.4 Å². The van der Waals surface area contributed by atoms with Crippen LogP contribution in [0, 0.1) is 5.41 Å². The first kappa shape index (κ1) is 22.3. The van der Waals surface area contributed by atoms with Gasteiger partial charge in [0.1, 0.15) is 0 Å². The second-order valence-corrected chi connectivity index (χ2v) is 5.60. The fraction of sp³-hybridized carbons (Fsp3) is 0.923. The first-order valence-electron chi connectivity index (χ1n) is 7.16. The zero-order chi connectivity index (χ0) is 17.0. The molecule has 1 heterocycles. The minimum Gasteiger partial charge on any atom is -0.341 e. The molecule has 0 saturated carbocycles. The largest absolute Gasteiger partial charge is 0.404 e. The molecule has 1 saturated heterocycles. The van der Waals surface area contributed by atoms with E-state index in [1.807, 2.05) is 0 Å². The Bertz CT molecular complexity index is 372. The number of hydrogen-bond acceptors (Lipinski definition) is 2. The molecule has 0 spiro atoms. The Hall–Kier alpha value is -0.700. The lowest BCUT2D eigenvalue weighted by Gasteiger charge is -2.33. The van der Waals surface area contributed by atoms with Crippen LogP contribution in [0.15, 0.2) is 0 Å². The minimum atomic E-state index is -5.42. The predicted octanol–water partition coefficient (Wildman–Crippen LogP) is 3.66. The van der Waals surface area contributed by atoms with Crippen molar-refractivity contribution in [2.24, 2.45) is 11.1 Å². The maximum absolute atomic E-state index is 12.9. The maximum Gasteiger partial charge on any atom is 0.404 e. The van der Waals surface area contributed by atoms with Gasteiger partial charge in [-0.1, -0.05) is 12.8 Å². The number of carbonyl (C=O) groups excluding carboxylic acids is 1. The van der Waals surface area contributed by atoms with E-state index in [0.29, 0.717) is 24.3 Å². The number of alkyl halides is 6. The van der Waals surface area contributed by atoms with Crippen LogP contribution in [0.3, 0.4) is 0 Å². The van der Waals surface area contributed by atoms with Crippen molar-refractivity contribution in [2.45, 2.75) is 50.9 Å². The number of halogens is 7. The third-order valence-electron chi connectivity index (χ3n) is 4.05. The average molecular weight is 371 g/mol. The Morgan fingerprint density at radius 3 is 1.96 bits per heavy atom. The van der Waals surface area contributed by atoms with Gasteiger partial charge in [0.05, 0.1) is 0 Å². The molecule has 1 fully saturated rings. The molecule has 0 aromatic rings. The zero-order valence-electron chi connectivity index (χ0n) is 12.5. The Labute approximate surface area is 137 Å². The van der Waals surface area contributed by atoms with E-state index in [9.17, 15) is 31.1 Å². The molecule has 0 aliphatic carbocycles. The second-order valence-electron chi connectivity index (χ2n) is 5.60. The molecule has 1 aliphatic rings. The van der Waals surface area contributed by atoms with Gasteiger partial charge in [0, 0.05) is 19.5 Å². The van der Waals surface area contributed by atoms with Gasteiger partial charge in [-0.25, -0.2) is 0 Å². The molecule has 1 rings (SSSR count). The van der Waals surface area contributed by atoms with Crippen LogP contribution in [0.25, 0.3) is 0 Å². The van der Waals surface area contributed by atoms with Crippen LogP contribution in [0.2, 0.25) is 0 Å². The molecule has 0 unspecified atom stereocenters. The summed E-state index contributed by atoms with van der Waals surface area (Å²) in [6, 6.07) is 0. The fourth-order valence-corrected chi connectivity index (χ4v) is 2.58. The van der Waals surface area contributed by atoms with Crippen LogP contribution in [0.4, 0.5) is 26.3 Å². The summed E-state index contributed by atoms with van der Waals surface area (Å²) in [6.07, 6.45) is -9.29. The molecule has 23 heavy (non-hydrogen) atoms. The van der Waals surface area contributed by atoms with Gasteiger partial charge < -0.3 is 10.6 Å². The van der Waals surface area contributed by atoms with Gasteiger partial charge in [-0.3, -0.25) is 4.79 Å². The fourth-order valence-electron chi connectivity index (χ4n) is 2.58. The highest BCUT2D eigenvalue weighted by Gasteiger charge is 2.72. The first-order chi connectivity index (χ1) is 10.0. The summed E-state index contributed by atoms with van der Waals surface area (Å²) >= 11 is 0. The number of hydrogen-bond donors (Lipinski definition) is 1. The van der Waals surface area contributed by atoms with E-state index in [4.69, 9.17) is 5.73 Å². The SMILES string of the molecule is Cl.NCCCCCCC(=O)N1CCC(C(F)(F)F)(C(F)(F)F)C1. The lowest BCUT2D eigenvalue weighted by molar-refractivity contribution is -0.334. The van der Waals surface area contributed by atoms with Crippen LogP contribution in [-0.4, -0.2) is 42.8 Å². The van der Waals surface area contributed by atoms with Gasteiger partial charge in [0.15, 0.2) is 5.41 Å². The van der Waals surface area contributed by atoms with Crippen molar-refractivity contribution in [3.8, 4) is 0 Å². The Morgan fingerprint density at radius 1 is 1.00 bits per heavy atom. The number of unbranched alkanes of at least 4 members (excludes halogenated alkanes) is 3. The van der Waals surface area contributed by atoms with Gasteiger partial charge in [-0.2, -0.15) is 26.3 Å². The summed E-state index contributed by atoms with van der Waals surface area (Å²) in [4.78, 5) is 12.5. The van der Waals surface area contributed by atoms with E-state index in [2.05, 4.69) is 0 Å². The highest BCUT2D eigenvalue weighted by atomic mass is 35.5. The summed E-state index contributed by atoms with van der Waals surface area (Å²) in [7, 11) is 0. The highest BCUT2D eigenvalue weighted by Crippen LogP contribution is 2.55. The van der Waals surface area contributed by atoms with Crippen LogP contribution in [0.1, 0.15) is 38.5 Å². The number of carbonyl (C=O) groups is 1. The number of amides is 1. The lowest BCUT2D eigenvalue weighted by Crippen LogP contribution is -2.52. The first-order valence-corrected chi connectivity index (χ1v) is 7.16. The molecular weight excluding hydrogens is 350 g/mol. The minimum absolute atomic E-state index is 0. The quantitative estimate of drug-likeness (QED) is 0.573. The van der Waals surface area contributed by atoms with Crippen molar-refractivity contribution in [1.82, 2.24) is 4.90 Å². The molecule has 1 aliphatic heterocycles.